The quantitative estimate of drug-likeness (QED) is 0.757. The van der Waals surface area contributed by atoms with Gasteiger partial charge in [-0.1, -0.05) is 11.6 Å². The molecule has 7 nitrogen and oxygen atoms in total. The van der Waals surface area contributed by atoms with Crippen molar-refractivity contribution in [2.75, 3.05) is 55.4 Å². The lowest BCUT2D eigenvalue weighted by Crippen LogP contribution is -2.50. The number of piperazine rings is 1. The number of methoxy groups -OCH3 is 1. The highest BCUT2D eigenvalue weighted by Gasteiger charge is 2.21. The molecule has 0 saturated carbocycles. The lowest BCUT2D eigenvalue weighted by atomic mass is 10.2. The first kappa shape index (κ1) is 20.8. The van der Waals surface area contributed by atoms with Crippen LogP contribution < -0.4 is 20.3 Å². The standard InChI is InChI=1S/C21H25ClN4O3/c1-15(27)24-16-3-8-19(22)20(13-16)23-14-21(28)26-11-9-25(10-12-26)17-4-6-18(29-2)7-5-17/h3-8,13,23H,9-12,14H2,1-2H3,(H,24,27). The highest BCUT2D eigenvalue weighted by molar-refractivity contribution is 6.33. The number of amides is 2. The summed E-state index contributed by atoms with van der Waals surface area (Å²) in [6.07, 6.45) is 0. The van der Waals surface area contributed by atoms with Crippen LogP contribution in [-0.2, 0) is 9.59 Å². The maximum atomic E-state index is 12.6. The number of carbonyl (C=O) groups is 2. The van der Waals surface area contributed by atoms with E-state index < -0.39 is 0 Å². The molecule has 1 aliphatic heterocycles. The van der Waals surface area contributed by atoms with Gasteiger partial charge >= 0.3 is 0 Å². The molecule has 29 heavy (non-hydrogen) atoms. The van der Waals surface area contributed by atoms with Gasteiger partial charge in [0.05, 0.1) is 24.4 Å². The van der Waals surface area contributed by atoms with Crippen LogP contribution >= 0.6 is 11.6 Å². The molecule has 0 bridgehead atoms. The first-order valence-corrected chi connectivity index (χ1v) is 9.82. The third kappa shape index (κ3) is 5.54. The number of nitrogens with zero attached hydrogens (tertiary/aromatic N) is 2. The number of ether oxygens (including phenoxy) is 1. The molecule has 0 aromatic heterocycles. The van der Waals surface area contributed by atoms with Gasteiger partial charge in [-0.2, -0.15) is 0 Å². The zero-order valence-electron chi connectivity index (χ0n) is 16.6. The van der Waals surface area contributed by atoms with Crippen LogP contribution in [0, 0.1) is 0 Å². The van der Waals surface area contributed by atoms with Gasteiger partial charge in [0, 0.05) is 44.5 Å². The van der Waals surface area contributed by atoms with Gasteiger partial charge in [0.2, 0.25) is 11.8 Å². The Hall–Kier alpha value is -2.93. The van der Waals surface area contributed by atoms with Gasteiger partial charge in [0.1, 0.15) is 5.75 Å². The molecule has 0 spiro atoms. The number of halogens is 1. The summed E-state index contributed by atoms with van der Waals surface area (Å²) in [6, 6.07) is 13.1. The van der Waals surface area contributed by atoms with Gasteiger partial charge in [-0.15, -0.1) is 0 Å². The first-order valence-electron chi connectivity index (χ1n) is 9.44. The van der Waals surface area contributed by atoms with Crippen LogP contribution in [0.3, 0.4) is 0 Å². The van der Waals surface area contributed by atoms with Crippen LogP contribution in [0.25, 0.3) is 0 Å². The fraction of sp³-hybridized carbons (Fsp3) is 0.333. The average molecular weight is 417 g/mol. The molecule has 2 amide bonds. The van der Waals surface area contributed by atoms with Crippen LogP contribution in [0.4, 0.5) is 17.1 Å². The van der Waals surface area contributed by atoms with Crippen molar-refractivity contribution in [2.45, 2.75) is 6.92 Å². The molecular weight excluding hydrogens is 392 g/mol. The predicted molar refractivity (Wildman–Crippen MR) is 116 cm³/mol. The third-order valence-corrected chi connectivity index (χ3v) is 5.12. The van der Waals surface area contributed by atoms with E-state index in [2.05, 4.69) is 15.5 Å². The van der Waals surface area contributed by atoms with E-state index in [4.69, 9.17) is 16.3 Å². The van der Waals surface area contributed by atoms with E-state index in [1.165, 1.54) is 6.92 Å². The van der Waals surface area contributed by atoms with Gasteiger partial charge in [-0.3, -0.25) is 9.59 Å². The fourth-order valence-electron chi connectivity index (χ4n) is 3.23. The maximum Gasteiger partial charge on any atom is 0.241 e. The highest BCUT2D eigenvalue weighted by atomic mass is 35.5. The molecule has 1 heterocycles. The van der Waals surface area contributed by atoms with Crippen molar-refractivity contribution in [3.8, 4) is 5.75 Å². The van der Waals surface area contributed by atoms with Gasteiger partial charge in [0.25, 0.3) is 0 Å². The Labute approximate surface area is 175 Å². The molecule has 3 rings (SSSR count). The molecule has 0 aliphatic carbocycles. The van der Waals surface area contributed by atoms with Crippen molar-refractivity contribution >= 4 is 40.5 Å². The highest BCUT2D eigenvalue weighted by Crippen LogP contribution is 2.25. The Morgan fingerprint density at radius 3 is 2.38 bits per heavy atom. The topological polar surface area (TPSA) is 73.9 Å². The van der Waals surface area contributed by atoms with Gasteiger partial charge in [-0.25, -0.2) is 0 Å². The van der Waals surface area contributed by atoms with E-state index in [1.807, 2.05) is 29.2 Å². The summed E-state index contributed by atoms with van der Waals surface area (Å²) in [4.78, 5) is 27.9. The van der Waals surface area contributed by atoms with Gasteiger partial charge in [-0.05, 0) is 42.5 Å². The molecule has 154 valence electrons. The van der Waals surface area contributed by atoms with Gasteiger partial charge in [0.15, 0.2) is 0 Å². The second-order valence-electron chi connectivity index (χ2n) is 6.80. The second-order valence-corrected chi connectivity index (χ2v) is 7.20. The van der Waals surface area contributed by atoms with E-state index in [0.29, 0.717) is 29.5 Å². The molecule has 1 fully saturated rings. The van der Waals surface area contributed by atoms with Gasteiger partial charge < -0.3 is 25.2 Å². The molecule has 8 heteroatoms. The normalized spacial score (nSPS) is 13.8. The summed E-state index contributed by atoms with van der Waals surface area (Å²) in [6.45, 7) is 4.45. The van der Waals surface area contributed by atoms with Crippen LogP contribution in [0.2, 0.25) is 5.02 Å². The Kier molecular flexibility index (Phi) is 6.82. The van der Waals surface area contributed by atoms with Crippen LogP contribution in [0.1, 0.15) is 6.92 Å². The molecule has 2 N–H and O–H groups in total. The number of nitrogens with one attached hydrogen (secondary N) is 2. The minimum Gasteiger partial charge on any atom is -0.497 e. The molecule has 1 saturated heterocycles. The first-order chi connectivity index (χ1) is 14.0. The summed E-state index contributed by atoms with van der Waals surface area (Å²) < 4.78 is 5.19. The van der Waals surface area contributed by atoms with E-state index in [-0.39, 0.29) is 18.4 Å². The molecule has 2 aromatic rings. The SMILES string of the molecule is COc1ccc(N2CCN(C(=O)CNc3cc(NC(C)=O)ccc3Cl)CC2)cc1. The number of anilines is 3. The molecule has 0 unspecified atom stereocenters. The maximum absolute atomic E-state index is 12.6. The predicted octanol–water partition coefficient (Wildman–Crippen LogP) is 3.07. The monoisotopic (exact) mass is 416 g/mol. The summed E-state index contributed by atoms with van der Waals surface area (Å²) in [7, 11) is 1.65. The van der Waals surface area contributed by atoms with E-state index >= 15 is 0 Å². The van der Waals surface area contributed by atoms with Crippen molar-refractivity contribution in [1.29, 1.82) is 0 Å². The third-order valence-electron chi connectivity index (χ3n) is 4.79. The fourth-order valence-corrected chi connectivity index (χ4v) is 3.42. The Morgan fingerprint density at radius 2 is 1.76 bits per heavy atom. The molecule has 2 aromatic carbocycles. The van der Waals surface area contributed by atoms with Crippen LogP contribution in [0.15, 0.2) is 42.5 Å². The summed E-state index contributed by atoms with van der Waals surface area (Å²) in [5.41, 5.74) is 2.37. The summed E-state index contributed by atoms with van der Waals surface area (Å²) >= 11 is 6.19. The number of carbonyl (C=O) groups excluding carboxylic acids is 2. The largest absolute Gasteiger partial charge is 0.497 e. The molecule has 1 aliphatic rings. The smallest absolute Gasteiger partial charge is 0.241 e. The van der Waals surface area contributed by atoms with Crippen molar-refractivity contribution < 1.29 is 14.3 Å². The van der Waals surface area contributed by atoms with Crippen molar-refractivity contribution in [3.63, 3.8) is 0 Å². The lowest BCUT2D eigenvalue weighted by molar-refractivity contribution is -0.129. The minimum atomic E-state index is -0.163. The number of hydrogen-bond donors (Lipinski definition) is 2. The van der Waals surface area contributed by atoms with E-state index in [1.54, 1.807) is 25.3 Å². The Morgan fingerprint density at radius 1 is 1.07 bits per heavy atom. The summed E-state index contributed by atoms with van der Waals surface area (Å²) in [5, 5.41) is 6.28. The lowest BCUT2D eigenvalue weighted by Gasteiger charge is -2.36. The van der Waals surface area contributed by atoms with Crippen molar-refractivity contribution in [1.82, 2.24) is 4.90 Å². The number of rotatable bonds is 6. The zero-order chi connectivity index (χ0) is 20.8. The Bertz CT molecular complexity index is 865. The van der Waals surface area contributed by atoms with Crippen molar-refractivity contribution in [3.05, 3.63) is 47.5 Å². The minimum absolute atomic E-state index is 0.0142. The average Bonchev–Trinajstić information content (AvgIpc) is 2.73. The Balaban J connectivity index is 1.51. The van der Waals surface area contributed by atoms with Crippen LogP contribution in [0.5, 0.6) is 5.75 Å². The van der Waals surface area contributed by atoms with E-state index in [9.17, 15) is 9.59 Å². The molecule has 0 radical (unpaired) electrons. The summed E-state index contributed by atoms with van der Waals surface area (Å²) in [5.74, 6) is 0.680. The number of hydrogen-bond acceptors (Lipinski definition) is 5. The molecule has 0 atom stereocenters. The molecular formula is C21H25ClN4O3. The number of benzene rings is 2. The second kappa shape index (κ2) is 9.52. The van der Waals surface area contributed by atoms with E-state index in [0.717, 1.165) is 24.5 Å². The van der Waals surface area contributed by atoms with Crippen LogP contribution in [-0.4, -0.2) is 56.5 Å². The zero-order valence-corrected chi connectivity index (χ0v) is 17.3. The van der Waals surface area contributed by atoms with Crippen molar-refractivity contribution in [2.24, 2.45) is 0 Å².